The van der Waals surface area contributed by atoms with Gasteiger partial charge in [-0.05, 0) is 32.0 Å². The number of nitrogens with zero attached hydrogens (tertiary/aromatic N) is 3. The van der Waals surface area contributed by atoms with Crippen molar-refractivity contribution in [2.45, 2.75) is 26.4 Å². The zero-order valence-electron chi connectivity index (χ0n) is 10.1. The highest BCUT2D eigenvalue weighted by atomic mass is 15.0. The Morgan fingerprint density at radius 1 is 1.18 bits per heavy atom. The van der Waals surface area contributed by atoms with Crippen LogP contribution in [0.15, 0.2) is 36.7 Å². The van der Waals surface area contributed by atoms with Gasteiger partial charge in [-0.15, -0.1) is 0 Å². The van der Waals surface area contributed by atoms with Crippen LogP contribution in [0.4, 0.5) is 0 Å². The summed E-state index contributed by atoms with van der Waals surface area (Å²) in [7, 11) is 0. The summed E-state index contributed by atoms with van der Waals surface area (Å²) in [4.78, 5) is 12.7. The smallest absolute Gasteiger partial charge is 0.125 e. The summed E-state index contributed by atoms with van der Waals surface area (Å²) in [6, 6.07) is 8.07. The fourth-order valence-electron chi connectivity index (χ4n) is 1.60. The third-order valence-corrected chi connectivity index (χ3v) is 2.55. The van der Waals surface area contributed by atoms with Gasteiger partial charge in [0.1, 0.15) is 5.82 Å². The molecule has 2 rings (SSSR count). The van der Waals surface area contributed by atoms with Gasteiger partial charge in [-0.25, -0.2) is 9.97 Å². The molecule has 2 aromatic rings. The minimum absolute atomic E-state index is 0.214. The zero-order chi connectivity index (χ0) is 12.1. The molecule has 0 aliphatic carbocycles. The lowest BCUT2D eigenvalue weighted by Gasteiger charge is -2.12. The number of hydrogen-bond acceptors (Lipinski definition) is 4. The van der Waals surface area contributed by atoms with Crippen LogP contribution in [0.2, 0.25) is 0 Å². The number of pyridine rings is 1. The monoisotopic (exact) mass is 228 g/mol. The molecule has 88 valence electrons. The molecule has 4 nitrogen and oxygen atoms in total. The highest BCUT2D eigenvalue weighted by Crippen LogP contribution is 2.08. The first-order valence-corrected chi connectivity index (χ1v) is 5.68. The first kappa shape index (κ1) is 11.7. The van der Waals surface area contributed by atoms with E-state index >= 15 is 0 Å². The molecule has 0 bridgehead atoms. The van der Waals surface area contributed by atoms with E-state index in [1.165, 1.54) is 0 Å². The van der Waals surface area contributed by atoms with Crippen LogP contribution < -0.4 is 5.32 Å². The summed E-state index contributed by atoms with van der Waals surface area (Å²) in [5, 5.41) is 3.39. The Kier molecular flexibility index (Phi) is 3.77. The molecule has 1 atom stereocenters. The SMILES string of the molecule is Cc1nccc(CNC(C)c2ccccn2)n1. The van der Waals surface area contributed by atoms with Crippen molar-refractivity contribution in [3.8, 4) is 0 Å². The van der Waals surface area contributed by atoms with Crippen molar-refractivity contribution in [1.29, 1.82) is 0 Å². The Bertz CT molecular complexity index is 470. The predicted molar refractivity (Wildman–Crippen MR) is 66.3 cm³/mol. The van der Waals surface area contributed by atoms with Crippen molar-refractivity contribution in [2.24, 2.45) is 0 Å². The number of hydrogen-bond donors (Lipinski definition) is 1. The third kappa shape index (κ3) is 3.32. The highest BCUT2D eigenvalue weighted by Gasteiger charge is 2.05. The van der Waals surface area contributed by atoms with Gasteiger partial charge in [-0.1, -0.05) is 6.07 Å². The molecular formula is C13H16N4. The molecule has 2 heterocycles. The second-order valence-electron chi connectivity index (χ2n) is 3.95. The molecule has 0 aliphatic heterocycles. The van der Waals surface area contributed by atoms with Crippen molar-refractivity contribution in [2.75, 3.05) is 0 Å². The summed E-state index contributed by atoms with van der Waals surface area (Å²) in [5.41, 5.74) is 2.04. The Morgan fingerprint density at radius 3 is 2.76 bits per heavy atom. The molecule has 0 saturated heterocycles. The van der Waals surface area contributed by atoms with Gasteiger partial charge in [0.05, 0.1) is 11.4 Å². The molecule has 1 unspecified atom stereocenters. The van der Waals surface area contributed by atoms with Crippen LogP contribution in [-0.2, 0) is 6.54 Å². The van der Waals surface area contributed by atoms with Crippen molar-refractivity contribution in [3.05, 3.63) is 53.9 Å². The molecule has 4 heteroatoms. The Hall–Kier alpha value is -1.81. The quantitative estimate of drug-likeness (QED) is 0.870. The molecule has 1 N–H and O–H groups in total. The Morgan fingerprint density at radius 2 is 2.06 bits per heavy atom. The standard InChI is InChI=1S/C13H16N4/c1-10(13-5-3-4-7-15-13)16-9-12-6-8-14-11(2)17-12/h3-8,10,16H,9H2,1-2H3. The molecule has 2 aromatic heterocycles. The van der Waals surface area contributed by atoms with Crippen LogP contribution in [0.3, 0.4) is 0 Å². The van der Waals surface area contributed by atoms with Crippen LogP contribution in [-0.4, -0.2) is 15.0 Å². The van der Waals surface area contributed by atoms with Crippen LogP contribution in [0.1, 0.15) is 30.2 Å². The summed E-state index contributed by atoms with van der Waals surface area (Å²) in [6.07, 6.45) is 3.59. The fourth-order valence-corrected chi connectivity index (χ4v) is 1.60. The minimum Gasteiger partial charge on any atom is -0.303 e. The number of aryl methyl sites for hydroxylation is 1. The molecule has 0 radical (unpaired) electrons. The third-order valence-electron chi connectivity index (χ3n) is 2.55. The molecule has 17 heavy (non-hydrogen) atoms. The van der Waals surface area contributed by atoms with Crippen LogP contribution in [0.5, 0.6) is 0 Å². The second-order valence-corrected chi connectivity index (χ2v) is 3.95. The van der Waals surface area contributed by atoms with Crippen LogP contribution in [0.25, 0.3) is 0 Å². The van der Waals surface area contributed by atoms with Gasteiger partial charge in [-0.3, -0.25) is 4.98 Å². The summed E-state index contributed by atoms with van der Waals surface area (Å²) in [6.45, 7) is 4.71. The van der Waals surface area contributed by atoms with Gasteiger partial charge in [0.25, 0.3) is 0 Å². The van der Waals surface area contributed by atoms with Crippen LogP contribution in [0, 0.1) is 6.92 Å². The molecular weight excluding hydrogens is 212 g/mol. The molecule has 0 saturated carbocycles. The Balaban J connectivity index is 1.95. The average Bonchev–Trinajstić information content (AvgIpc) is 2.37. The molecule has 0 amide bonds. The predicted octanol–water partition coefficient (Wildman–Crippen LogP) is 2.03. The van der Waals surface area contributed by atoms with E-state index in [2.05, 4.69) is 27.2 Å². The van der Waals surface area contributed by atoms with Crippen molar-refractivity contribution in [1.82, 2.24) is 20.3 Å². The molecule has 0 spiro atoms. The lowest BCUT2D eigenvalue weighted by atomic mass is 10.2. The van der Waals surface area contributed by atoms with Crippen molar-refractivity contribution >= 4 is 0 Å². The van der Waals surface area contributed by atoms with E-state index in [-0.39, 0.29) is 6.04 Å². The topological polar surface area (TPSA) is 50.7 Å². The zero-order valence-corrected chi connectivity index (χ0v) is 10.1. The van der Waals surface area contributed by atoms with Gasteiger partial charge in [-0.2, -0.15) is 0 Å². The second kappa shape index (κ2) is 5.50. The van der Waals surface area contributed by atoms with Gasteiger partial charge in [0.2, 0.25) is 0 Å². The maximum Gasteiger partial charge on any atom is 0.125 e. The Labute approximate surface area is 101 Å². The van der Waals surface area contributed by atoms with E-state index in [1.807, 2.05) is 37.4 Å². The van der Waals surface area contributed by atoms with E-state index in [1.54, 1.807) is 6.20 Å². The fraction of sp³-hybridized carbons (Fsp3) is 0.308. The molecule has 0 fully saturated rings. The number of aromatic nitrogens is 3. The number of nitrogens with one attached hydrogen (secondary N) is 1. The summed E-state index contributed by atoms with van der Waals surface area (Å²) < 4.78 is 0. The molecule has 0 aromatic carbocycles. The van der Waals surface area contributed by atoms with Gasteiger partial charge in [0.15, 0.2) is 0 Å². The average molecular weight is 228 g/mol. The van der Waals surface area contributed by atoms with Crippen LogP contribution >= 0.6 is 0 Å². The normalized spacial score (nSPS) is 12.4. The van der Waals surface area contributed by atoms with E-state index in [4.69, 9.17) is 0 Å². The minimum atomic E-state index is 0.214. The van der Waals surface area contributed by atoms with Gasteiger partial charge < -0.3 is 5.32 Å². The lowest BCUT2D eigenvalue weighted by Crippen LogP contribution is -2.19. The van der Waals surface area contributed by atoms with E-state index < -0.39 is 0 Å². The first-order chi connectivity index (χ1) is 8.25. The van der Waals surface area contributed by atoms with E-state index in [9.17, 15) is 0 Å². The maximum atomic E-state index is 4.34. The highest BCUT2D eigenvalue weighted by molar-refractivity contribution is 5.08. The largest absolute Gasteiger partial charge is 0.303 e. The molecule has 0 aliphatic rings. The summed E-state index contributed by atoms with van der Waals surface area (Å²) in [5.74, 6) is 0.801. The van der Waals surface area contributed by atoms with Crippen molar-refractivity contribution in [3.63, 3.8) is 0 Å². The van der Waals surface area contributed by atoms with Gasteiger partial charge in [0, 0.05) is 25.0 Å². The van der Waals surface area contributed by atoms with E-state index in [0.717, 1.165) is 23.8 Å². The lowest BCUT2D eigenvalue weighted by molar-refractivity contribution is 0.554. The first-order valence-electron chi connectivity index (χ1n) is 5.68. The number of rotatable bonds is 4. The van der Waals surface area contributed by atoms with Gasteiger partial charge >= 0.3 is 0 Å². The maximum absolute atomic E-state index is 4.34. The van der Waals surface area contributed by atoms with Crippen molar-refractivity contribution < 1.29 is 0 Å². The summed E-state index contributed by atoms with van der Waals surface area (Å²) >= 11 is 0. The van der Waals surface area contributed by atoms with E-state index in [0.29, 0.717) is 0 Å².